The zero-order valence-corrected chi connectivity index (χ0v) is 27.7. The van der Waals surface area contributed by atoms with Crippen LogP contribution in [-0.4, -0.2) is 22.0 Å². The Bertz CT molecular complexity index is 2340. The molecule has 1 unspecified atom stereocenters. The third-order valence-corrected chi connectivity index (χ3v) is 10.9. The number of benzene rings is 4. The maximum absolute atomic E-state index is 15.1. The first-order chi connectivity index (χ1) is 22.8. The summed E-state index contributed by atoms with van der Waals surface area (Å²) in [6.07, 6.45) is 0. The number of hydrogen-bond donors (Lipinski definition) is 0. The van der Waals surface area contributed by atoms with E-state index < -0.39 is 22.8 Å². The van der Waals surface area contributed by atoms with Gasteiger partial charge in [0.1, 0.15) is 5.58 Å². The van der Waals surface area contributed by atoms with Gasteiger partial charge in [-0.05, 0) is 54.4 Å². The molecule has 2 aliphatic heterocycles. The minimum absolute atomic E-state index is 0.0650. The minimum Gasteiger partial charge on any atom is -0.450 e. The number of para-hydroxylation sites is 1. The number of hydrogen-bond acceptors (Lipinski definition) is 8. The maximum Gasteiger partial charge on any atom is 0.297 e. The number of aromatic nitrogens is 2. The van der Waals surface area contributed by atoms with Crippen molar-refractivity contribution in [3.8, 4) is 0 Å². The lowest BCUT2D eigenvalue weighted by Crippen LogP contribution is -2.53. The smallest absolute Gasteiger partial charge is 0.297 e. The third kappa shape index (κ3) is 4.70. The summed E-state index contributed by atoms with van der Waals surface area (Å²) in [6.45, 7) is 2.20. The van der Waals surface area contributed by atoms with Gasteiger partial charge in [0.05, 0.1) is 23.2 Å². The van der Waals surface area contributed by atoms with Gasteiger partial charge in [-0.2, -0.15) is 0 Å². The number of nitrogens with zero attached hydrogens (tertiary/aromatic N) is 4. The highest BCUT2D eigenvalue weighted by Crippen LogP contribution is 2.55. The van der Waals surface area contributed by atoms with Crippen LogP contribution in [0.3, 0.4) is 0 Å². The summed E-state index contributed by atoms with van der Waals surface area (Å²) in [6, 6.07) is 27.2. The zero-order valence-electron chi connectivity index (χ0n) is 24.6. The Morgan fingerprint density at radius 3 is 2.49 bits per heavy atom. The van der Waals surface area contributed by atoms with Crippen molar-refractivity contribution in [3.05, 3.63) is 145 Å². The lowest BCUT2D eigenvalue weighted by molar-refractivity contribution is -0.121. The molecule has 0 saturated heterocycles. The molecule has 2 amide bonds. The minimum atomic E-state index is -1.89. The van der Waals surface area contributed by atoms with Crippen LogP contribution in [-0.2, 0) is 22.6 Å². The van der Waals surface area contributed by atoms with Crippen molar-refractivity contribution in [2.24, 2.45) is 0 Å². The lowest BCUT2D eigenvalue weighted by atomic mass is 9.84. The van der Waals surface area contributed by atoms with Gasteiger partial charge >= 0.3 is 0 Å². The fraction of sp³-hybridized carbons (Fsp3) is 0.114. The van der Waals surface area contributed by atoms with Crippen LogP contribution in [0, 0.1) is 6.92 Å². The molecule has 1 atom stereocenters. The topological polar surface area (TPSA) is 96.6 Å². The van der Waals surface area contributed by atoms with E-state index in [4.69, 9.17) is 27.6 Å². The van der Waals surface area contributed by atoms with E-state index in [1.165, 1.54) is 22.7 Å². The van der Waals surface area contributed by atoms with Crippen LogP contribution in [0.2, 0.25) is 10.0 Å². The Hall–Kier alpha value is -4.48. The number of thioether (sulfide) groups is 1. The van der Waals surface area contributed by atoms with Crippen LogP contribution in [0.1, 0.15) is 38.4 Å². The molecule has 4 heterocycles. The predicted octanol–water partition coefficient (Wildman–Crippen LogP) is 8.00. The van der Waals surface area contributed by atoms with Gasteiger partial charge in [0.25, 0.3) is 11.8 Å². The molecule has 0 saturated carbocycles. The molecule has 0 bridgehead atoms. The summed E-state index contributed by atoms with van der Waals surface area (Å²) < 4.78 is 6.74. The summed E-state index contributed by atoms with van der Waals surface area (Å²) in [5, 5.41) is 10.1. The van der Waals surface area contributed by atoms with Gasteiger partial charge in [0.15, 0.2) is 15.3 Å². The molecule has 4 aromatic carbocycles. The first kappa shape index (κ1) is 29.9. The largest absolute Gasteiger partial charge is 0.450 e. The highest BCUT2D eigenvalue weighted by molar-refractivity contribution is 8.00. The average molecular weight is 698 g/mol. The monoisotopic (exact) mass is 696 g/mol. The van der Waals surface area contributed by atoms with Gasteiger partial charge in [0.2, 0.25) is 10.9 Å². The van der Waals surface area contributed by atoms with E-state index in [2.05, 4.69) is 10.2 Å². The number of aryl methyl sites for hydroxylation is 1. The van der Waals surface area contributed by atoms with Crippen molar-refractivity contribution in [3.63, 3.8) is 0 Å². The third-order valence-electron chi connectivity index (χ3n) is 8.35. The summed E-state index contributed by atoms with van der Waals surface area (Å²) in [4.78, 5) is 47.1. The molecule has 47 heavy (non-hydrogen) atoms. The van der Waals surface area contributed by atoms with E-state index in [1.54, 1.807) is 35.2 Å². The Kier molecular flexibility index (Phi) is 7.21. The van der Waals surface area contributed by atoms with Crippen LogP contribution in [0.15, 0.2) is 105 Å². The Morgan fingerprint density at radius 2 is 1.66 bits per heavy atom. The Balaban J connectivity index is 1.32. The number of anilines is 2. The van der Waals surface area contributed by atoms with Crippen molar-refractivity contribution >= 4 is 79.9 Å². The van der Waals surface area contributed by atoms with E-state index in [9.17, 15) is 9.59 Å². The predicted molar refractivity (Wildman–Crippen MR) is 185 cm³/mol. The molecule has 12 heteroatoms. The van der Waals surface area contributed by atoms with E-state index in [0.29, 0.717) is 31.4 Å². The van der Waals surface area contributed by atoms with E-state index in [-0.39, 0.29) is 34.0 Å². The van der Waals surface area contributed by atoms with Crippen molar-refractivity contribution < 1.29 is 14.0 Å². The van der Waals surface area contributed by atoms with E-state index in [1.807, 2.05) is 61.5 Å². The first-order valence-electron chi connectivity index (χ1n) is 14.5. The molecule has 8 nitrogen and oxygen atoms in total. The standard InChI is InChI=1S/C35H22Cl2N4O4S2/c1-19-6-4-7-20(14-19)17-40-26-11-3-2-10-25(26)35(32(40)44)28-29(42)24-16-23(37)12-13-27(24)45-30(28)31(43)41(35)33-38-39-34(47-33)46-18-21-8-5-9-22(36)15-21/h2-16H,17-18H2,1H3. The van der Waals surface area contributed by atoms with Crippen LogP contribution in [0.5, 0.6) is 0 Å². The fourth-order valence-corrected chi connectivity index (χ4v) is 8.63. The molecule has 2 aliphatic rings. The van der Waals surface area contributed by atoms with Crippen LogP contribution in [0.4, 0.5) is 10.8 Å². The molecular formula is C35H22Cl2N4O4S2. The highest BCUT2D eigenvalue weighted by atomic mass is 35.5. The molecule has 1 spiro atoms. The number of halogens is 2. The quantitative estimate of drug-likeness (QED) is 0.129. The van der Waals surface area contributed by atoms with Crippen LogP contribution >= 0.6 is 46.3 Å². The van der Waals surface area contributed by atoms with Crippen molar-refractivity contribution in [1.82, 2.24) is 10.2 Å². The summed E-state index contributed by atoms with van der Waals surface area (Å²) in [7, 11) is 0. The molecule has 0 aliphatic carbocycles. The van der Waals surface area contributed by atoms with E-state index >= 15 is 4.79 Å². The van der Waals surface area contributed by atoms with Crippen molar-refractivity contribution in [2.75, 3.05) is 9.80 Å². The number of carbonyl (C=O) groups is 2. The Morgan fingerprint density at radius 1 is 0.872 bits per heavy atom. The SMILES string of the molecule is Cc1cccc(CN2C(=O)C3(c4ccccc42)c2c(oc4ccc(Cl)cc4c2=O)C(=O)N3c2nnc(SCc3cccc(Cl)c3)s2)c1. The molecule has 0 fully saturated rings. The molecule has 0 radical (unpaired) electrons. The van der Waals surface area contributed by atoms with Crippen LogP contribution in [0.25, 0.3) is 11.0 Å². The maximum atomic E-state index is 15.1. The van der Waals surface area contributed by atoms with Gasteiger partial charge in [-0.1, -0.05) is 106 Å². The molecule has 2 aromatic heterocycles. The van der Waals surface area contributed by atoms with E-state index in [0.717, 1.165) is 28.0 Å². The normalized spacial score (nSPS) is 16.8. The highest BCUT2D eigenvalue weighted by Gasteiger charge is 2.66. The second-order valence-electron chi connectivity index (χ2n) is 11.3. The molecule has 0 N–H and O–H groups in total. The molecule has 232 valence electrons. The van der Waals surface area contributed by atoms with Crippen molar-refractivity contribution in [2.45, 2.75) is 29.1 Å². The van der Waals surface area contributed by atoms with Crippen molar-refractivity contribution in [1.29, 1.82) is 0 Å². The zero-order chi connectivity index (χ0) is 32.4. The summed E-state index contributed by atoms with van der Waals surface area (Å²) in [5.74, 6) is -0.776. The van der Waals surface area contributed by atoms with Gasteiger partial charge in [-0.25, -0.2) is 0 Å². The number of rotatable bonds is 6. The lowest BCUT2D eigenvalue weighted by Gasteiger charge is -2.32. The Labute approximate surface area is 286 Å². The van der Waals surface area contributed by atoms with Gasteiger partial charge < -0.3 is 9.32 Å². The fourth-order valence-electron chi connectivity index (χ4n) is 6.41. The molecular weight excluding hydrogens is 675 g/mol. The van der Waals surface area contributed by atoms with Crippen LogP contribution < -0.4 is 15.2 Å². The van der Waals surface area contributed by atoms with Gasteiger partial charge in [0, 0.05) is 21.4 Å². The number of carbonyl (C=O) groups excluding carboxylic acids is 2. The second kappa shape index (κ2) is 11.3. The number of fused-ring (bicyclic) bond motifs is 5. The summed E-state index contributed by atoms with van der Waals surface area (Å²) in [5.41, 5.74) is 1.71. The first-order valence-corrected chi connectivity index (χ1v) is 17.1. The average Bonchev–Trinajstić information content (AvgIpc) is 3.70. The number of amides is 2. The molecule has 8 rings (SSSR count). The second-order valence-corrected chi connectivity index (χ2v) is 14.3. The van der Waals surface area contributed by atoms with Gasteiger partial charge in [-0.3, -0.25) is 19.3 Å². The van der Waals surface area contributed by atoms with Gasteiger partial charge in [-0.15, -0.1) is 10.2 Å². The molecule has 6 aromatic rings. The summed E-state index contributed by atoms with van der Waals surface area (Å²) >= 11 is 15.1.